The summed E-state index contributed by atoms with van der Waals surface area (Å²) in [7, 11) is 1.99. The molecule has 0 unspecified atom stereocenters. The third-order valence-electron chi connectivity index (χ3n) is 7.35. The van der Waals surface area contributed by atoms with E-state index in [0.717, 1.165) is 49.6 Å². The number of likely N-dealkylation sites (N-methyl/N-ethyl adjacent to an activating group) is 1. The highest BCUT2D eigenvalue weighted by Crippen LogP contribution is 2.34. The van der Waals surface area contributed by atoms with Crippen molar-refractivity contribution in [2.75, 3.05) is 6.54 Å². The number of aromatic nitrogens is 3. The van der Waals surface area contributed by atoms with E-state index in [1.165, 1.54) is 0 Å². The number of carbonyl (C=O) groups is 2. The van der Waals surface area contributed by atoms with Crippen molar-refractivity contribution in [3.8, 4) is 23.1 Å². The molecule has 190 valence electrons. The van der Waals surface area contributed by atoms with Gasteiger partial charge < -0.3 is 4.57 Å². The van der Waals surface area contributed by atoms with Crippen LogP contribution in [0.1, 0.15) is 19.5 Å². The Morgan fingerprint density at radius 2 is 1.67 bits per heavy atom. The average molecular weight is 512 g/mol. The highest BCUT2D eigenvalue weighted by molar-refractivity contribution is 6.19. The molecule has 39 heavy (non-hydrogen) atoms. The summed E-state index contributed by atoms with van der Waals surface area (Å²) in [5.74, 6) is -0.127. The van der Waals surface area contributed by atoms with Crippen LogP contribution in [0, 0.1) is 11.3 Å². The second-order valence-electron chi connectivity index (χ2n) is 9.49. The zero-order valence-corrected chi connectivity index (χ0v) is 21.8. The Kier molecular flexibility index (Phi) is 5.73. The number of imide groups is 1. The van der Waals surface area contributed by atoms with Gasteiger partial charge in [-0.1, -0.05) is 60.7 Å². The molecule has 0 fully saturated rings. The average Bonchev–Trinajstić information content (AvgIpc) is 3.47. The number of imidazole rings is 1. The van der Waals surface area contributed by atoms with Crippen molar-refractivity contribution in [3.05, 3.63) is 101 Å². The molecule has 0 saturated heterocycles. The lowest BCUT2D eigenvalue weighted by Gasteiger charge is -2.26. The van der Waals surface area contributed by atoms with Gasteiger partial charge in [0.05, 0.1) is 11.2 Å². The number of carbonyl (C=O) groups excluding carboxylic acids is 2. The third-order valence-corrected chi connectivity index (χ3v) is 7.35. The molecule has 5 aromatic rings. The van der Waals surface area contributed by atoms with Crippen molar-refractivity contribution < 1.29 is 9.59 Å². The third kappa shape index (κ3) is 3.69. The molecule has 0 spiro atoms. The molecule has 7 nitrogen and oxygen atoms in total. The zero-order chi connectivity index (χ0) is 27.3. The normalized spacial score (nSPS) is 15.1. The summed E-state index contributed by atoms with van der Waals surface area (Å²) in [4.78, 5) is 32.3. The molecule has 0 saturated carbocycles. The van der Waals surface area contributed by atoms with Gasteiger partial charge in [-0.05, 0) is 54.5 Å². The summed E-state index contributed by atoms with van der Waals surface area (Å²) in [6, 6.07) is 28.3. The minimum absolute atomic E-state index is 0.0126. The van der Waals surface area contributed by atoms with Gasteiger partial charge in [-0.25, -0.2) is 4.98 Å². The van der Waals surface area contributed by atoms with Crippen LogP contribution in [0.25, 0.3) is 45.1 Å². The van der Waals surface area contributed by atoms with E-state index in [2.05, 4.69) is 28.8 Å². The fourth-order valence-corrected chi connectivity index (χ4v) is 5.33. The molecule has 3 heterocycles. The molecule has 2 amide bonds. The van der Waals surface area contributed by atoms with Gasteiger partial charge in [0, 0.05) is 30.4 Å². The number of fused-ring (bicyclic) bond motifs is 2. The fraction of sp³-hybridized carbons (Fsp3) is 0.125. The minimum Gasteiger partial charge on any atom is -0.326 e. The SMILES string of the molecule is CCN1C(=O)C(C#N)=C(C)/C(=C/c2cc3c(nc(-c4cccc5ccccc45)n3C)n2-c2ccccc2)C1=O. The number of nitrogens with zero attached hydrogens (tertiary/aromatic N) is 5. The first-order valence-electron chi connectivity index (χ1n) is 12.8. The van der Waals surface area contributed by atoms with Gasteiger partial charge in [-0.3, -0.25) is 19.1 Å². The molecule has 0 radical (unpaired) electrons. The molecule has 1 aliphatic heterocycles. The lowest BCUT2D eigenvalue weighted by molar-refractivity contribution is -0.140. The lowest BCUT2D eigenvalue weighted by atomic mass is 9.94. The number of aryl methyl sites for hydroxylation is 1. The largest absolute Gasteiger partial charge is 0.326 e. The molecular formula is C32H25N5O2. The number of para-hydroxylation sites is 1. The van der Waals surface area contributed by atoms with Crippen molar-refractivity contribution >= 4 is 39.8 Å². The zero-order valence-electron chi connectivity index (χ0n) is 21.8. The van der Waals surface area contributed by atoms with E-state index in [1.54, 1.807) is 19.9 Å². The van der Waals surface area contributed by atoms with Gasteiger partial charge in [-0.2, -0.15) is 5.26 Å². The number of hydrogen-bond acceptors (Lipinski definition) is 4. The summed E-state index contributed by atoms with van der Waals surface area (Å²) in [5, 5.41) is 11.9. The van der Waals surface area contributed by atoms with Crippen LogP contribution in [-0.2, 0) is 16.6 Å². The maximum Gasteiger partial charge on any atom is 0.271 e. The van der Waals surface area contributed by atoms with Crippen molar-refractivity contribution in [2.45, 2.75) is 13.8 Å². The van der Waals surface area contributed by atoms with E-state index in [1.807, 2.05) is 72.3 Å². The second-order valence-corrected chi connectivity index (χ2v) is 9.49. The predicted octanol–water partition coefficient (Wildman–Crippen LogP) is 5.80. The number of hydrogen-bond donors (Lipinski definition) is 0. The van der Waals surface area contributed by atoms with Gasteiger partial charge in [0.1, 0.15) is 17.5 Å². The Balaban J connectivity index is 1.62. The van der Waals surface area contributed by atoms with Gasteiger partial charge in [0.2, 0.25) is 0 Å². The summed E-state index contributed by atoms with van der Waals surface area (Å²) < 4.78 is 4.07. The maximum absolute atomic E-state index is 13.3. The summed E-state index contributed by atoms with van der Waals surface area (Å²) in [5.41, 5.74) is 4.97. The van der Waals surface area contributed by atoms with Crippen molar-refractivity contribution in [2.24, 2.45) is 7.05 Å². The number of rotatable bonds is 4. The van der Waals surface area contributed by atoms with Crippen LogP contribution in [-0.4, -0.2) is 37.4 Å². The molecule has 2 aromatic heterocycles. The first kappa shape index (κ1) is 24.1. The molecule has 3 aromatic carbocycles. The van der Waals surface area contributed by atoms with Gasteiger partial charge >= 0.3 is 0 Å². The first-order valence-corrected chi connectivity index (χ1v) is 12.8. The minimum atomic E-state index is -0.551. The Bertz CT molecular complexity index is 1910. The summed E-state index contributed by atoms with van der Waals surface area (Å²) in [6.07, 6.45) is 1.76. The smallest absolute Gasteiger partial charge is 0.271 e. The van der Waals surface area contributed by atoms with Crippen LogP contribution in [0.5, 0.6) is 0 Å². The quantitative estimate of drug-likeness (QED) is 0.226. The molecule has 0 N–H and O–H groups in total. The van der Waals surface area contributed by atoms with Crippen molar-refractivity contribution in [1.82, 2.24) is 19.0 Å². The standard InChI is InChI=1S/C32H25N5O2/c1-4-36-31(38)26(20(2)27(19-33)32(36)39)17-23-18-28-30(37(23)22-13-6-5-7-14-22)34-29(35(28)3)25-16-10-12-21-11-8-9-15-24(21)25/h5-18H,4H2,1-3H3/b26-17-. The molecular weight excluding hydrogens is 486 g/mol. The van der Waals surface area contributed by atoms with Gasteiger partial charge in [-0.15, -0.1) is 0 Å². The highest BCUT2D eigenvalue weighted by atomic mass is 16.2. The number of nitriles is 1. The van der Waals surface area contributed by atoms with Crippen LogP contribution in [0.15, 0.2) is 95.6 Å². The Morgan fingerprint density at radius 3 is 2.41 bits per heavy atom. The number of amides is 2. The molecule has 0 atom stereocenters. The molecule has 0 bridgehead atoms. The van der Waals surface area contributed by atoms with Crippen LogP contribution < -0.4 is 0 Å². The Hall–Kier alpha value is -5.22. The fourth-order valence-electron chi connectivity index (χ4n) is 5.33. The van der Waals surface area contributed by atoms with Crippen molar-refractivity contribution in [1.29, 1.82) is 5.26 Å². The second kappa shape index (κ2) is 9.26. The van der Waals surface area contributed by atoms with Crippen LogP contribution >= 0.6 is 0 Å². The van der Waals surface area contributed by atoms with E-state index in [0.29, 0.717) is 11.1 Å². The monoisotopic (exact) mass is 511 g/mol. The Labute approximate surface area is 225 Å². The maximum atomic E-state index is 13.3. The summed E-state index contributed by atoms with van der Waals surface area (Å²) in [6.45, 7) is 3.56. The molecule has 6 rings (SSSR count). The van der Waals surface area contributed by atoms with Crippen molar-refractivity contribution in [3.63, 3.8) is 0 Å². The van der Waals surface area contributed by atoms with Crippen LogP contribution in [0.2, 0.25) is 0 Å². The van der Waals surface area contributed by atoms with Gasteiger partial charge in [0.25, 0.3) is 11.8 Å². The Morgan fingerprint density at radius 1 is 0.949 bits per heavy atom. The van der Waals surface area contributed by atoms with Gasteiger partial charge in [0.15, 0.2) is 5.65 Å². The van der Waals surface area contributed by atoms with E-state index >= 15 is 0 Å². The first-order chi connectivity index (χ1) is 18.9. The predicted molar refractivity (Wildman–Crippen MR) is 152 cm³/mol. The highest BCUT2D eigenvalue weighted by Gasteiger charge is 2.34. The molecule has 0 aliphatic carbocycles. The topological polar surface area (TPSA) is 83.9 Å². The van der Waals surface area contributed by atoms with Crippen LogP contribution in [0.3, 0.4) is 0 Å². The van der Waals surface area contributed by atoms with Crippen LogP contribution in [0.4, 0.5) is 0 Å². The summed E-state index contributed by atoms with van der Waals surface area (Å²) >= 11 is 0. The van der Waals surface area contributed by atoms with E-state index < -0.39 is 11.8 Å². The van der Waals surface area contributed by atoms with E-state index in [9.17, 15) is 14.9 Å². The lowest BCUT2D eigenvalue weighted by Crippen LogP contribution is -2.42. The van der Waals surface area contributed by atoms with E-state index in [4.69, 9.17) is 4.98 Å². The molecule has 7 heteroatoms. The molecule has 1 aliphatic rings. The van der Waals surface area contributed by atoms with E-state index in [-0.39, 0.29) is 12.1 Å². The number of benzene rings is 3.